The van der Waals surface area contributed by atoms with Gasteiger partial charge in [-0.3, -0.25) is 4.79 Å². The van der Waals surface area contributed by atoms with E-state index in [1.807, 2.05) is 66.7 Å². The van der Waals surface area contributed by atoms with E-state index in [1.165, 1.54) is 0 Å². The highest BCUT2D eigenvalue weighted by Gasteiger charge is 2.05. The number of hydrogen-bond donors (Lipinski definition) is 1. The Morgan fingerprint density at radius 1 is 1.00 bits per heavy atom. The van der Waals surface area contributed by atoms with E-state index in [2.05, 4.69) is 11.4 Å². The molecule has 3 aromatic rings. The Morgan fingerprint density at radius 3 is 2.45 bits per heavy atom. The monoisotopic (exact) mass is 384 g/mol. The smallest absolute Gasteiger partial charge is 0.262 e. The third-order valence-electron chi connectivity index (χ3n) is 4.12. The van der Waals surface area contributed by atoms with Crippen molar-refractivity contribution in [2.75, 3.05) is 19.0 Å². The summed E-state index contributed by atoms with van der Waals surface area (Å²) < 4.78 is 10.7. The molecule has 0 fully saturated rings. The van der Waals surface area contributed by atoms with Crippen LogP contribution >= 0.6 is 0 Å². The van der Waals surface area contributed by atoms with Gasteiger partial charge in [0.05, 0.1) is 18.8 Å². The Kier molecular flexibility index (Phi) is 6.64. The van der Waals surface area contributed by atoms with Gasteiger partial charge in [-0.1, -0.05) is 30.3 Å². The van der Waals surface area contributed by atoms with Gasteiger partial charge in [0, 0.05) is 5.69 Å². The van der Waals surface area contributed by atoms with Gasteiger partial charge in [-0.05, 0) is 65.7 Å². The number of benzene rings is 3. The molecule has 0 saturated carbocycles. The molecule has 0 saturated heterocycles. The van der Waals surface area contributed by atoms with Crippen LogP contribution < -0.4 is 14.8 Å². The molecular weight excluding hydrogens is 364 g/mol. The molecule has 0 bridgehead atoms. The summed E-state index contributed by atoms with van der Waals surface area (Å²) in [5.41, 5.74) is 2.84. The predicted octanol–water partition coefficient (Wildman–Crippen LogP) is 4.78. The van der Waals surface area contributed by atoms with Gasteiger partial charge in [-0.15, -0.1) is 0 Å². The number of rotatable bonds is 7. The minimum Gasteiger partial charge on any atom is -0.497 e. The Labute approximate surface area is 169 Å². The van der Waals surface area contributed by atoms with Crippen LogP contribution in [0.1, 0.15) is 11.1 Å². The molecule has 1 N–H and O–H groups in total. The summed E-state index contributed by atoms with van der Waals surface area (Å²) in [6.07, 6.45) is 1.78. The normalized spacial score (nSPS) is 10.7. The van der Waals surface area contributed by atoms with Gasteiger partial charge >= 0.3 is 0 Å². The lowest BCUT2D eigenvalue weighted by atomic mass is 10.0. The van der Waals surface area contributed by atoms with Gasteiger partial charge < -0.3 is 14.8 Å². The van der Waals surface area contributed by atoms with Crippen molar-refractivity contribution in [1.29, 1.82) is 5.26 Å². The highest BCUT2D eigenvalue weighted by molar-refractivity contribution is 5.92. The van der Waals surface area contributed by atoms with Crippen LogP contribution in [0.25, 0.3) is 11.6 Å². The van der Waals surface area contributed by atoms with Crippen molar-refractivity contribution >= 4 is 23.2 Å². The molecule has 5 nitrogen and oxygen atoms in total. The first-order valence-electron chi connectivity index (χ1n) is 9.02. The molecule has 0 aromatic heterocycles. The maximum Gasteiger partial charge on any atom is 0.262 e. The molecule has 0 heterocycles. The van der Waals surface area contributed by atoms with Crippen LogP contribution in [0.4, 0.5) is 5.69 Å². The van der Waals surface area contributed by atoms with Crippen LogP contribution in [0.15, 0.2) is 78.9 Å². The summed E-state index contributed by atoms with van der Waals surface area (Å²) in [6.45, 7) is -0.106. The minimum atomic E-state index is -0.243. The highest BCUT2D eigenvalue weighted by Crippen LogP contribution is 2.22. The summed E-state index contributed by atoms with van der Waals surface area (Å²) >= 11 is 0. The molecule has 5 heteroatoms. The van der Waals surface area contributed by atoms with Gasteiger partial charge in [-0.2, -0.15) is 5.26 Å². The third-order valence-corrected chi connectivity index (χ3v) is 4.12. The van der Waals surface area contributed by atoms with E-state index in [-0.39, 0.29) is 12.5 Å². The average Bonchev–Trinajstić information content (AvgIpc) is 2.77. The molecule has 0 radical (unpaired) electrons. The molecular formula is C24H20N2O3. The van der Waals surface area contributed by atoms with Crippen molar-refractivity contribution in [2.24, 2.45) is 0 Å². The fourth-order valence-corrected chi connectivity index (χ4v) is 2.68. The van der Waals surface area contributed by atoms with Crippen LogP contribution in [0, 0.1) is 11.3 Å². The number of nitriles is 1. The zero-order chi connectivity index (χ0) is 20.5. The van der Waals surface area contributed by atoms with Crippen LogP contribution in [0.2, 0.25) is 0 Å². The molecule has 144 valence electrons. The average molecular weight is 384 g/mol. The number of hydrogen-bond acceptors (Lipinski definition) is 4. The number of nitrogens with zero attached hydrogens (tertiary/aromatic N) is 1. The predicted molar refractivity (Wildman–Crippen MR) is 113 cm³/mol. The van der Waals surface area contributed by atoms with Crippen LogP contribution in [-0.4, -0.2) is 19.6 Å². The molecule has 0 aliphatic rings. The van der Waals surface area contributed by atoms with E-state index < -0.39 is 0 Å². The van der Waals surface area contributed by atoms with Crippen molar-refractivity contribution < 1.29 is 14.3 Å². The van der Waals surface area contributed by atoms with Crippen molar-refractivity contribution in [1.82, 2.24) is 0 Å². The largest absolute Gasteiger partial charge is 0.497 e. The number of carbonyl (C=O) groups excluding carboxylic acids is 1. The molecule has 29 heavy (non-hydrogen) atoms. The second kappa shape index (κ2) is 9.77. The first kappa shape index (κ1) is 19.7. The molecule has 0 spiro atoms. The van der Waals surface area contributed by atoms with E-state index in [0.29, 0.717) is 11.3 Å². The van der Waals surface area contributed by atoms with E-state index in [0.717, 1.165) is 22.6 Å². The Bertz CT molecular complexity index is 1040. The molecule has 1 amide bonds. The zero-order valence-electron chi connectivity index (χ0n) is 16.0. The maximum atomic E-state index is 12.0. The summed E-state index contributed by atoms with van der Waals surface area (Å²) in [5, 5.41) is 12.3. The second-order valence-electron chi connectivity index (χ2n) is 6.17. The van der Waals surface area contributed by atoms with Crippen molar-refractivity contribution in [3.8, 4) is 17.6 Å². The van der Waals surface area contributed by atoms with Gasteiger partial charge in [0.2, 0.25) is 0 Å². The van der Waals surface area contributed by atoms with Gasteiger partial charge in [0.1, 0.15) is 11.5 Å². The van der Waals surface area contributed by atoms with Crippen molar-refractivity contribution in [3.05, 3.63) is 90.0 Å². The highest BCUT2D eigenvalue weighted by atomic mass is 16.5. The van der Waals surface area contributed by atoms with Crippen molar-refractivity contribution in [2.45, 2.75) is 0 Å². The van der Waals surface area contributed by atoms with Crippen LogP contribution in [-0.2, 0) is 4.79 Å². The Balaban J connectivity index is 1.67. The van der Waals surface area contributed by atoms with Crippen LogP contribution in [0.3, 0.4) is 0 Å². The fourth-order valence-electron chi connectivity index (χ4n) is 2.68. The minimum absolute atomic E-state index is 0.106. The first-order valence-corrected chi connectivity index (χ1v) is 9.02. The number of carbonyl (C=O) groups is 1. The molecule has 0 unspecified atom stereocenters. The summed E-state index contributed by atoms with van der Waals surface area (Å²) in [4.78, 5) is 12.0. The lowest BCUT2D eigenvalue weighted by Gasteiger charge is -2.08. The Hall–Kier alpha value is -4.04. The number of nitrogens with one attached hydrogen (secondary N) is 1. The molecule has 0 aliphatic carbocycles. The first-order chi connectivity index (χ1) is 14.2. The van der Waals surface area contributed by atoms with E-state index in [4.69, 9.17) is 9.47 Å². The quantitative estimate of drug-likeness (QED) is 0.470. The van der Waals surface area contributed by atoms with Gasteiger partial charge in [-0.25, -0.2) is 0 Å². The lowest BCUT2D eigenvalue weighted by molar-refractivity contribution is -0.118. The fraction of sp³-hybridized carbons (Fsp3) is 0.0833. The number of allylic oxidation sites excluding steroid dienone is 1. The van der Waals surface area contributed by atoms with Crippen LogP contribution in [0.5, 0.6) is 11.5 Å². The summed E-state index contributed by atoms with van der Waals surface area (Å²) in [5.74, 6) is 1.04. The molecule has 3 aromatic carbocycles. The Morgan fingerprint density at radius 2 is 1.76 bits per heavy atom. The van der Waals surface area contributed by atoms with E-state index in [1.54, 1.807) is 25.3 Å². The number of methoxy groups -OCH3 is 1. The maximum absolute atomic E-state index is 12.0. The number of amides is 1. The second-order valence-corrected chi connectivity index (χ2v) is 6.17. The number of ether oxygens (including phenoxy) is 2. The lowest BCUT2D eigenvalue weighted by Crippen LogP contribution is -2.20. The summed E-state index contributed by atoms with van der Waals surface area (Å²) in [7, 11) is 1.60. The third kappa shape index (κ3) is 5.72. The number of para-hydroxylation sites is 1. The van der Waals surface area contributed by atoms with E-state index in [9.17, 15) is 10.1 Å². The SMILES string of the molecule is COc1ccc(/C(C#N)=C/c2cccc(OCC(=O)Nc3ccccc3)c2)cc1. The summed E-state index contributed by atoms with van der Waals surface area (Å²) in [6, 6.07) is 26.0. The van der Waals surface area contributed by atoms with Gasteiger partial charge in [0.15, 0.2) is 6.61 Å². The topological polar surface area (TPSA) is 71.3 Å². The van der Waals surface area contributed by atoms with Crippen molar-refractivity contribution in [3.63, 3.8) is 0 Å². The molecule has 0 atom stereocenters. The van der Waals surface area contributed by atoms with Gasteiger partial charge in [0.25, 0.3) is 5.91 Å². The number of anilines is 1. The van der Waals surface area contributed by atoms with E-state index >= 15 is 0 Å². The molecule has 0 aliphatic heterocycles. The standard InChI is InChI=1S/C24H20N2O3/c1-28-22-12-10-19(11-13-22)20(16-25)14-18-6-5-9-23(15-18)29-17-24(27)26-21-7-3-2-4-8-21/h2-15H,17H2,1H3,(H,26,27)/b20-14+. The zero-order valence-corrected chi connectivity index (χ0v) is 16.0. The molecule has 3 rings (SSSR count).